The van der Waals surface area contributed by atoms with Gasteiger partial charge in [-0.1, -0.05) is 30.2 Å². The zero-order valence-electron chi connectivity index (χ0n) is 11.6. The van der Waals surface area contributed by atoms with Crippen LogP contribution in [0.1, 0.15) is 65.7 Å². The molecule has 1 unspecified atom stereocenters. The smallest absolute Gasteiger partial charge is 0.136 e. The summed E-state index contributed by atoms with van der Waals surface area (Å²) < 4.78 is 0. The molecule has 0 N–H and O–H groups in total. The molecule has 0 amide bonds. The Bertz CT molecular complexity index is 305. The number of carbonyl (C=O) groups excluding carboxylic acids is 1. The van der Waals surface area contributed by atoms with Crippen molar-refractivity contribution in [3.63, 3.8) is 0 Å². The molecule has 1 nitrogen and oxygen atoms in total. The highest BCUT2D eigenvalue weighted by atomic mass is 16.1. The molecule has 17 heavy (non-hydrogen) atoms. The van der Waals surface area contributed by atoms with Crippen molar-refractivity contribution in [2.75, 3.05) is 0 Å². The Balaban J connectivity index is 2.40. The van der Waals surface area contributed by atoms with Crippen LogP contribution in [0.3, 0.4) is 0 Å². The Hall–Kier alpha value is -0.850. The molecule has 0 fully saturated rings. The van der Waals surface area contributed by atoms with Gasteiger partial charge in [0.2, 0.25) is 0 Å². The van der Waals surface area contributed by atoms with E-state index in [-0.39, 0.29) is 0 Å². The van der Waals surface area contributed by atoms with Crippen LogP contribution in [0.15, 0.2) is 23.3 Å². The zero-order chi connectivity index (χ0) is 12.7. The number of allylic oxidation sites excluding steroid dienone is 4. The van der Waals surface area contributed by atoms with E-state index in [4.69, 9.17) is 0 Å². The van der Waals surface area contributed by atoms with Crippen LogP contribution < -0.4 is 0 Å². The number of hydrogen-bond donors (Lipinski definition) is 0. The molecule has 1 atom stereocenters. The number of carbonyl (C=O) groups is 1. The molecule has 0 bridgehead atoms. The predicted octanol–water partition coefficient (Wildman–Crippen LogP) is 4.83. The summed E-state index contributed by atoms with van der Waals surface area (Å²) in [6, 6.07) is 0. The maximum absolute atomic E-state index is 11.9. The van der Waals surface area contributed by atoms with E-state index in [0.717, 1.165) is 44.9 Å². The van der Waals surface area contributed by atoms with Crippen molar-refractivity contribution in [1.82, 2.24) is 0 Å². The minimum absolute atomic E-state index is 0.321. The van der Waals surface area contributed by atoms with Crippen LogP contribution in [-0.2, 0) is 4.79 Å². The lowest BCUT2D eigenvalue weighted by atomic mass is 9.83. The molecule has 1 rings (SSSR count). The molecule has 0 spiro atoms. The summed E-state index contributed by atoms with van der Waals surface area (Å²) in [6.45, 7) is 6.37. The summed E-state index contributed by atoms with van der Waals surface area (Å²) in [5.41, 5.74) is 2.89. The molecular formula is C16H26O. The molecule has 1 aliphatic carbocycles. The molecule has 0 aliphatic heterocycles. The molecule has 96 valence electrons. The lowest BCUT2D eigenvalue weighted by Crippen LogP contribution is -2.17. The second-order valence-electron chi connectivity index (χ2n) is 5.38. The highest BCUT2D eigenvalue weighted by molar-refractivity contribution is 5.81. The molecule has 0 saturated carbocycles. The van der Waals surface area contributed by atoms with E-state index in [1.807, 2.05) is 0 Å². The Morgan fingerprint density at radius 2 is 2.24 bits per heavy atom. The first-order chi connectivity index (χ1) is 8.13. The fourth-order valence-corrected chi connectivity index (χ4v) is 2.47. The van der Waals surface area contributed by atoms with E-state index >= 15 is 0 Å². The molecule has 0 heterocycles. The summed E-state index contributed by atoms with van der Waals surface area (Å²) in [6.07, 6.45) is 11.9. The normalized spacial score (nSPS) is 19.7. The van der Waals surface area contributed by atoms with Gasteiger partial charge >= 0.3 is 0 Å². The molecular weight excluding hydrogens is 208 g/mol. The first kappa shape index (κ1) is 14.2. The molecule has 0 aromatic rings. The summed E-state index contributed by atoms with van der Waals surface area (Å²) in [4.78, 5) is 11.9. The highest BCUT2D eigenvalue weighted by Gasteiger charge is 2.21. The van der Waals surface area contributed by atoms with Gasteiger partial charge in [-0.05, 0) is 52.4 Å². The third kappa shape index (κ3) is 5.34. The predicted molar refractivity (Wildman–Crippen MR) is 74.0 cm³/mol. The quantitative estimate of drug-likeness (QED) is 0.602. The van der Waals surface area contributed by atoms with E-state index in [1.54, 1.807) is 0 Å². The molecule has 1 aliphatic rings. The average molecular weight is 234 g/mol. The van der Waals surface area contributed by atoms with Crippen LogP contribution in [0, 0.1) is 5.92 Å². The zero-order valence-corrected chi connectivity index (χ0v) is 11.6. The number of rotatable bonds is 6. The maximum Gasteiger partial charge on any atom is 0.136 e. The molecule has 1 heteroatoms. The first-order valence-electron chi connectivity index (χ1n) is 6.97. The van der Waals surface area contributed by atoms with E-state index in [1.165, 1.54) is 11.1 Å². The molecule has 0 aromatic carbocycles. The molecule has 0 aromatic heterocycles. The van der Waals surface area contributed by atoms with Gasteiger partial charge in [0.05, 0.1) is 0 Å². The lowest BCUT2D eigenvalue weighted by Gasteiger charge is -2.21. The Kier molecular flexibility index (Phi) is 6.25. The maximum atomic E-state index is 11.9. The Labute approximate surface area is 106 Å². The van der Waals surface area contributed by atoms with Gasteiger partial charge in [-0.25, -0.2) is 0 Å². The summed E-state index contributed by atoms with van der Waals surface area (Å²) in [7, 11) is 0. The second kappa shape index (κ2) is 7.47. The van der Waals surface area contributed by atoms with Crippen molar-refractivity contribution < 1.29 is 4.79 Å². The van der Waals surface area contributed by atoms with E-state index in [2.05, 4.69) is 32.9 Å². The fourth-order valence-electron chi connectivity index (χ4n) is 2.47. The fraction of sp³-hybridized carbons (Fsp3) is 0.688. The van der Waals surface area contributed by atoms with Crippen molar-refractivity contribution in [2.45, 2.75) is 65.7 Å². The third-order valence-electron chi connectivity index (χ3n) is 3.43. The van der Waals surface area contributed by atoms with E-state index in [0.29, 0.717) is 11.7 Å². The number of Topliss-reactive ketones (excluding diaryl/α,β-unsaturated/α-hetero) is 1. The van der Waals surface area contributed by atoms with Gasteiger partial charge in [0.15, 0.2) is 0 Å². The Morgan fingerprint density at radius 3 is 2.88 bits per heavy atom. The van der Waals surface area contributed by atoms with Crippen LogP contribution in [0.2, 0.25) is 0 Å². The van der Waals surface area contributed by atoms with Crippen molar-refractivity contribution in [2.24, 2.45) is 5.92 Å². The van der Waals surface area contributed by atoms with Crippen molar-refractivity contribution in [3.8, 4) is 0 Å². The largest absolute Gasteiger partial charge is 0.299 e. The molecule has 0 saturated heterocycles. The van der Waals surface area contributed by atoms with Crippen molar-refractivity contribution in [3.05, 3.63) is 23.3 Å². The van der Waals surface area contributed by atoms with Crippen molar-refractivity contribution >= 4 is 5.78 Å². The molecule has 0 radical (unpaired) electrons. The lowest BCUT2D eigenvalue weighted by molar-refractivity contribution is -0.123. The van der Waals surface area contributed by atoms with Gasteiger partial charge in [-0.3, -0.25) is 4.79 Å². The van der Waals surface area contributed by atoms with Crippen LogP contribution in [-0.4, -0.2) is 5.78 Å². The van der Waals surface area contributed by atoms with Gasteiger partial charge in [0.1, 0.15) is 5.78 Å². The number of hydrogen-bond acceptors (Lipinski definition) is 1. The minimum Gasteiger partial charge on any atom is -0.299 e. The summed E-state index contributed by atoms with van der Waals surface area (Å²) in [5.74, 6) is 0.807. The Morgan fingerprint density at radius 1 is 1.47 bits per heavy atom. The minimum atomic E-state index is 0.321. The van der Waals surface area contributed by atoms with E-state index in [9.17, 15) is 4.79 Å². The van der Waals surface area contributed by atoms with Gasteiger partial charge in [-0.2, -0.15) is 0 Å². The monoisotopic (exact) mass is 234 g/mol. The number of ketones is 1. The first-order valence-corrected chi connectivity index (χ1v) is 6.97. The van der Waals surface area contributed by atoms with Crippen LogP contribution in [0.5, 0.6) is 0 Å². The van der Waals surface area contributed by atoms with Gasteiger partial charge < -0.3 is 0 Å². The van der Waals surface area contributed by atoms with E-state index < -0.39 is 0 Å². The SMILES string of the molecule is CCCC(=O)C1CCC=C(CCC=C(C)C)C1. The standard InChI is InChI=1S/C16H26O/c1-4-7-16(17)15-11-6-10-14(12-15)9-5-8-13(2)3/h8,10,15H,4-7,9,11-12H2,1-3H3. The summed E-state index contributed by atoms with van der Waals surface area (Å²) >= 11 is 0. The summed E-state index contributed by atoms with van der Waals surface area (Å²) in [5, 5.41) is 0. The van der Waals surface area contributed by atoms with Crippen LogP contribution in [0.25, 0.3) is 0 Å². The second-order valence-corrected chi connectivity index (χ2v) is 5.38. The van der Waals surface area contributed by atoms with Crippen LogP contribution >= 0.6 is 0 Å². The average Bonchev–Trinajstić information content (AvgIpc) is 2.29. The van der Waals surface area contributed by atoms with Crippen molar-refractivity contribution in [1.29, 1.82) is 0 Å². The highest BCUT2D eigenvalue weighted by Crippen LogP contribution is 2.28. The topological polar surface area (TPSA) is 17.1 Å². The van der Waals surface area contributed by atoms with Gasteiger partial charge in [-0.15, -0.1) is 0 Å². The van der Waals surface area contributed by atoms with Gasteiger partial charge in [0.25, 0.3) is 0 Å². The third-order valence-corrected chi connectivity index (χ3v) is 3.43. The van der Waals surface area contributed by atoms with Crippen LogP contribution in [0.4, 0.5) is 0 Å². The van der Waals surface area contributed by atoms with Gasteiger partial charge in [0, 0.05) is 12.3 Å².